The van der Waals surface area contributed by atoms with E-state index in [4.69, 9.17) is 11.5 Å². The molecular formula is C14H15N3S. The monoisotopic (exact) mass is 257 g/mol. The highest BCUT2D eigenvalue weighted by molar-refractivity contribution is 7.99. The lowest BCUT2D eigenvalue weighted by Gasteiger charge is -2.24. The molecule has 3 nitrogen and oxygen atoms in total. The van der Waals surface area contributed by atoms with Crippen LogP contribution in [0.3, 0.4) is 0 Å². The van der Waals surface area contributed by atoms with E-state index in [1.807, 2.05) is 25.1 Å². The highest BCUT2D eigenvalue weighted by Crippen LogP contribution is 2.47. The van der Waals surface area contributed by atoms with E-state index in [2.05, 4.69) is 18.3 Å². The number of anilines is 4. The Labute approximate surface area is 111 Å². The standard InChI is InChI=1S/C14H15N3S/c1-7-5-13-12(6-10(7)16)17-11-4-3-9(15)8(2)14(11)18-13/h3-6,17H,15-16H2,1-2H3. The largest absolute Gasteiger partial charge is 0.398 e. The number of rotatable bonds is 0. The summed E-state index contributed by atoms with van der Waals surface area (Å²) in [4.78, 5) is 2.40. The minimum absolute atomic E-state index is 0.817. The SMILES string of the molecule is Cc1cc2c(cc1N)Nc1ccc(N)c(C)c1S2. The van der Waals surface area contributed by atoms with Gasteiger partial charge in [-0.15, -0.1) is 0 Å². The third-order valence-electron chi connectivity index (χ3n) is 3.30. The Morgan fingerprint density at radius 3 is 2.56 bits per heavy atom. The lowest BCUT2D eigenvalue weighted by atomic mass is 10.1. The Hall–Kier alpha value is -1.81. The van der Waals surface area contributed by atoms with Crippen molar-refractivity contribution in [3.8, 4) is 0 Å². The fourth-order valence-electron chi connectivity index (χ4n) is 2.07. The number of fused-ring (bicyclic) bond motifs is 2. The maximum Gasteiger partial charge on any atom is 0.0547 e. The van der Waals surface area contributed by atoms with Gasteiger partial charge in [0.05, 0.1) is 11.4 Å². The van der Waals surface area contributed by atoms with E-state index in [0.717, 1.165) is 33.9 Å². The maximum atomic E-state index is 5.96. The van der Waals surface area contributed by atoms with Gasteiger partial charge in [0.2, 0.25) is 0 Å². The van der Waals surface area contributed by atoms with Crippen LogP contribution >= 0.6 is 11.8 Å². The third kappa shape index (κ3) is 1.61. The van der Waals surface area contributed by atoms with Crippen molar-refractivity contribution < 1.29 is 0 Å². The van der Waals surface area contributed by atoms with Crippen LogP contribution in [0.5, 0.6) is 0 Å². The van der Waals surface area contributed by atoms with E-state index in [9.17, 15) is 0 Å². The highest BCUT2D eigenvalue weighted by atomic mass is 32.2. The Balaban J connectivity index is 2.15. The average molecular weight is 257 g/mol. The molecule has 2 aromatic rings. The number of nitrogen functional groups attached to an aromatic ring is 2. The summed E-state index contributed by atoms with van der Waals surface area (Å²) in [5.41, 5.74) is 18.0. The molecule has 0 spiro atoms. The van der Waals surface area contributed by atoms with Crippen molar-refractivity contribution in [3.63, 3.8) is 0 Å². The summed E-state index contributed by atoms with van der Waals surface area (Å²) in [7, 11) is 0. The molecule has 18 heavy (non-hydrogen) atoms. The van der Waals surface area contributed by atoms with Gasteiger partial charge < -0.3 is 16.8 Å². The van der Waals surface area contributed by atoms with Crippen LogP contribution in [-0.2, 0) is 0 Å². The second-order valence-corrected chi connectivity index (χ2v) is 5.64. The van der Waals surface area contributed by atoms with Gasteiger partial charge in [-0.05, 0) is 49.2 Å². The lowest BCUT2D eigenvalue weighted by molar-refractivity contribution is 1.24. The van der Waals surface area contributed by atoms with Gasteiger partial charge in [0.15, 0.2) is 0 Å². The van der Waals surface area contributed by atoms with Crippen molar-refractivity contribution in [2.75, 3.05) is 16.8 Å². The van der Waals surface area contributed by atoms with Crippen molar-refractivity contribution in [1.29, 1.82) is 0 Å². The van der Waals surface area contributed by atoms with Gasteiger partial charge in [-0.3, -0.25) is 0 Å². The molecule has 0 aromatic heterocycles. The maximum absolute atomic E-state index is 5.96. The molecule has 1 heterocycles. The van der Waals surface area contributed by atoms with E-state index < -0.39 is 0 Å². The molecule has 0 aliphatic carbocycles. The van der Waals surface area contributed by atoms with E-state index >= 15 is 0 Å². The van der Waals surface area contributed by atoms with Gasteiger partial charge in [-0.25, -0.2) is 0 Å². The Bertz CT molecular complexity index is 650. The summed E-state index contributed by atoms with van der Waals surface area (Å²) in [6.45, 7) is 4.08. The molecular weight excluding hydrogens is 242 g/mol. The fourth-order valence-corrected chi connectivity index (χ4v) is 3.25. The molecule has 0 atom stereocenters. The zero-order valence-corrected chi connectivity index (χ0v) is 11.2. The van der Waals surface area contributed by atoms with Gasteiger partial charge in [0, 0.05) is 21.2 Å². The molecule has 2 aromatic carbocycles. The molecule has 5 N–H and O–H groups in total. The number of nitrogens with one attached hydrogen (secondary N) is 1. The van der Waals surface area contributed by atoms with E-state index in [1.54, 1.807) is 11.8 Å². The first-order valence-electron chi connectivity index (χ1n) is 5.80. The van der Waals surface area contributed by atoms with Crippen molar-refractivity contribution in [2.45, 2.75) is 23.6 Å². The molecule has 0 bridgehead atoms. The normalized spacial score (nSPS) is 12.6. The average Bonchev–Trinajstić information content (AvgIpc) is 2.34. The molecule has 3 rings (SSSR count). The third-order valence-corrected chi connectivity index (χ3v) is 4.59. The Morgan fingerprint density at radius 1 is 1.00 bits per heavy atom. The smallest absolute Gasteiger partial charge is 0.0547 e. The predicted molar refractivity (Wildman–Crippen MR) is 78.6 cm³/mol. The van der Waals surface area contributed by atoms with Gasteiger partial charge in [-0.2, -0.15) is 0 Å². The first kappa shape index (κ1) is 11.3. The van der Waals surface area contributed by atoms with Crippen LogP contribution in [0, 0.1) is 13.8 Å². The van der Waals surface area contributed by atoms with Crippen molar-refractivity contribution >= 4 is 34.5 Å². The van der Waals surface area contributed by atoms with Crippen LogP contribution in [0.2, 0.25) is 0 Å². The van der Waals surface area contributed by atoms with Crippen LogP contribution < -0.4 is 16.8 Å². The van der Waals surface area contributed by atoms with Crippen molar-refractivity contribution in [3.05, 3.63) is 35.4 Å². The Kier molecular flexibility index (Phi) is 2.41. The minimum Gasteiger partial charge on any atom is -0.398 e. The lowest BCUT2D eigenvalue weighted by Crippen LogP contribution is -2.04. The molecule has 0 fully saturated rings. The summed E-state index contributed by atoms with van der Waals surface area (Å²) in [5.74, 6) is 0. The molecule has 92 valence electrons. The molecule has 4 heteroatoms. The van der Waals surface area contributed by atoms with Crippen LogP contribution in [0.15, 0.2) is 34.1 Å². The zero-order valence-electron chi connectivity index (χ0n) is 10.4. The van der Waals surface area contributed by atoms with Crippen molar-refractivity contribution in [1.82, 2.24) is 0 Å². The molecule has 0 saturated carbocycles. The van der Waals surface area contributed by atoms with Gasteiger partial charge in [-0.1, -0.05) is 11.8 Å². The van der Waals surface area contributed by atoms with Crippen molar-refractivity contribution in [2.24, 2.45) is 0 Å². The second kappa shape index (κ2) is 3.85. The Morgan fingerprint density at radius 2 is 1.78 bits per heavy atom. The molecule has 0 unspecified atom stereocenters. The summed E-state index contributed by atoms with van der Waals surface area (Å²) < 4.78 is 0. The van der Waals surface area contributed by atoms with Crippen LogP contribution in [0.25, 0.3) is 0 Å². The summed E-state index contributed by atoms with van der Waals surface area (Å²) in [6.07, 6.45) is 0. The fraction of sp³-hybridized carbons (Fsp3) is 0.143. The molecule has 0 radical (unpaired) electrons. The summed E-state index contributed by atoms with van der Waals surface area (Å²) >= 11 is 1.75. The molecule has 1 aliphatic heterocycles. The predicted octanol–water partition coefficient (Wildman–Crippen LogP) is 3.68. The molecule has 0 saturated heterocycles. The summed E-state index contributed by atoms with van der Waals surface area (Å²) in [6, 6.07) is 8.06. The van der Waals surface area contributed by atoms with E-state index in [0.29, 0.717) is 0 Å². The number of aryl methyl sites for hydroxylation is 1. The minimum atomic E-state index is 0.817. The van der Waals surface area contributed by atoms with Gasteiger partial charge in [0.1, 0.15) is 0 Å². The first-order chi connectivity index (χ1) is 8.56. The first-order valence-corrected chi connectivity index (χ1v) is 6.62. The second-order valence-electron chi connectivity index (χ2n) is 4.59. The quantitative estimate of drug-likeness (QED) is 0.538. The van der Waals surface area contributed by atoms with Crippen LogP contribution in [-0.4, -0.2) is 0 Å². The highest BCUT2D eigenvalue weighted by Gasteiger charge is 2.19. The molecule has 0 amide bonds. The number of nitrogens with two attached hydrogens (primary N) is 2. The van der Waals surface area contributed by atoms with Crippen LogP contribution in [0.1, 0.15) is 11.1 Å². The van der Waals surface area contributed by atoms with E-state index in [1.165, 1.54) is 9.79 Å². The van der Waals surface area contributed by atoms with Gasteiger partial charge >= 0.3 is 0 Å². The number of hydrogen-bond donors (Lipinski definition) is 3. The van der Waals surface area contributed by atoms with Crippen LogP contribution in [0.4, 0.5) is 22.7 Å². The van der Waals surface area contributed by atoms with E-state index in [-0.39, 0.29) is 0 Å². The zero-order chi connectivity index (χ0) is 12.9. The molecule has 1 aliphatic rings. The number of hydrogen-bond acceptors (Lipinski definition) is 4. The van der Waals surface area contributed by atoms with Gasteiger partial charge in [0.25, 0.3) is 0 Å². The number of benzene rings is 2. The topological polar surface area (TPSA) is 64.1 Å². The summed E-state index contributed by atoms with van der Waals surface area (Å²) in [5, 5.41) is 3.42.